The highest BCUT2D eigenvalue weighted by atomic mass is 16.5. The second-order valence-corrected chi connectivity index (χ2v) is 10.1. The topological polar surface area (TPSA) is 9.23 Å². The molecule has 188 valence electrons. The zero-order valence-corrected chi connectivity index (χ0v) is 22.2. The van der Waals surface area contributed by atoms with E-state index in [1.54, 1.807) is 0 Å². The highest BCUT2D eigenvalue weighted by Gasteiger charge is 1.96. The quantitative estimate of drug-likeness (QED) is 0.110. The molecule has 0 spiro atoms. The Bertz CT molecular complexity index is 260. The van der Waals surface area contributed by atoms with E-state index in [0.717, 1.165) is 13.2 Å². The van der Waals surface area contributed by atoms with Crippen LogP contribution in [-0.4, -0.2) is 13.2 Å². The average molecular weight is 439 g/mol. The molecule has 1 heteroatoms. The molecule has 0 atom stereocenters. The summed E-state index contributed by atoms with van der Waals surface area (Å²) >= 11 is 0. The predicted molar refractivity (Wildman–Crippen MR) is 142 cm³/mol. The first kappa shape index (κ1) is 31.0. The lowest BCUT2D eigenvalue weighted by Crippen LogP contribution is -1.97. The van der Waals surface area contributed by atoms with E-state index in [4.69, 9.17) is 4.74 Å². The summed E-state index contributed by atoms with van der Waals surface area (Å²) in [7, 11) is 0. The van der Waals surface area contributed by atoms with E-state index < -0.39 is 0 Å². The lowest BCUT2D eigenvalue weighted by molar-refractivity contribution is 0.125. The molecule has 0 amide bonds. The Labute approximate surface area is 198 Å². The van der Waals surface area contributed by atoms with Gasteiger partial charge in [0.2, 0.25) is 0 Å². The minimum absolute atomic E-state index is 0.991. The fraction of sp³-hybridized carbons (Fsp3) is 1.00. The molecule has 1 nitrogen and oxygen atoms in total. The fourth-order valence-electron chi connectivity index (χ4n) is 4.55. The Balaban J connectivity index is 2.98. The van der Waals surface area contributed by atoms with Gasteiger partial charge in [-0.2, -0.15) is 0 Å². The van der Waals surface area contributed by atoms with Crippen molar-refractivity contribution in [3.05, 3.63) is 0 Å². The molecule has 31 heavy (non-hydrogen) atoms. The van der Waals surface area contributed by atoms with Crippen LogP contribution in [-0.2, 0) is 4.74 Å². The number of ether oxygens (including phenoxy) is 1. The van der Waals surface area contributed by atoms with Crippen molar-refractivity contribution >= 4 is 0 Å². The summed E-state index contributed by atoms with van der Waals surface area (Å²) in [5, 5.41) is 0. The lowest BCUT2D eigenvalue weighted by atomic mass is 10.0. The minimum Gasteiger partial charge on any atom is -0.381 e. The summed E-state index contributed by atoms with van der Waals surface area (Å²) < 4.78 is 5.78. The van der Waals surface area contributed by atoms with Gasteiger partial charge in [0.25, 0.3) is 0 Å². The minimum atomic E-state index is 0.991. The summed E-state index contributed by atoms with van der Waals surface area (Å²) in [6.45, 7) is 6.57. The molecule has 0 rings (SSSR count). The van der Waals surface area contributed by atoms with Gasteiger partial charge >= 0.3 is 0 Å². The largest absolute Gasteiger partial charge is 0.381 e. The smallest absolute Gasteiger partial charge is 0.0466 e. The maximum absolute atomic E-state index is 5.78. The molecule has 0 aliphatic rings. The third-order valence-corrected chi connectivity index (χ3v) is 6.78. The molecule has 0 aromatic heterocycles. The Morgan fingerprint density at radius 1 is 0.258 bits per heavy atom. The van der Waals surface area contributed by atoms with Gasteiger partial charge in [0.15, 0.2) is 0 Å². The Morgan fingerprint density at radius 3 is 0.677 bits per heavy atom. The maximum Gasteiger partial charge on any atom is 0.0466 e. The van der Waals surface area contributed by atoms with Crippen LogP contribution in [0.25, 0.3) is 0 Å². The molecular formula is C30H62O. The van der Waals surface area contributed by atoms with Crippen molar-refractivity contribution in [3.8, 4) is 0 Å². The van der Waals surface area contributed by atoms with Crippen molar-refractivity contribution in [1.82, 2.24) is 0 Å². The van der Waals surface area contributed by atoms with Crippen LogP contribution in [0.15, 0.2) is 0 Å². The van der Waals surface area contributed by atoms with Crippen LogP contribution >= 0.6 is 0 Å². The van der Waals surface area contributed by atoms with Crippen LogP contribution < -0.4 is 0 Å². The zero-order valence-electron chi connectivity index (χ0n) is 22.2. The van der Waals surface area contributed by atoms with Crippen LogP contribution in [0.1, 0.15) is 181 Å². The van der Waals surface area contributed by atoms with Gasteiger partial charge in [-0.05, 0) is 12.8 Å². The second-order valence-electron chi connectivity index (χ2n) is 10.1. The predicted octanol–water partition coefficient (Wildman–Crippen LogP) is 11.2. The summed E-state index contributed by atoms with van der Waals surface area (Å²) in [5.41, 5.74) is 0. The highest BCUT2D eigenvalue weighted by Crippen LogP contribution is 2.15. The Morgan fingerprint density at radius 2 is 0.452 bits per heavy atom. The summed E-state index contributed by atoms with van der Waals surface area (Å²) in [5.74, 6) is 0. The molecule has 0 aliphatic carbocycles. The van der Waals surface area contributed by atoms with Gasteiger partial charge in [-0.3, -0.25) is 0 Å². The van der Waals surface area contributed by atoms with Crippen LogP contribution in [0.2, 0.25) is 0 Å². The first-order valence-electron chi connectivity index (χ1n) is 15.0. The summed E-state index contributed by atoms with van der Waals surface area (Å²) in [4.78, 5) is 0. The molecule has 0 saturated heterocycles. The molecule has 0 unspecified atom stereocenters. The van der Waals surface area contributed by atoms with Crippen LogP contribution in [0.5, 0.6) is 0 Å². The molecule has 0 aliphatic heterocycles. The van der Waals surface area contributed by atoms with E-state index in [-0.39, 0.29) is 0 Å². The molecule has 0 radical (unpaired) electrons. The van der Waals surface area contributed by atoms with Crippen molar-refractivity contribution in [1.29, 1.82) is 0 Å². The Kier molecular flexibility index (Phi) is 29.9. The molecular weight excluding hydrogens is 376 g/mol. The average Bonchev–Trinajstić information content (AvgIpc) is 2.78. The molecule has 0 N–H and O–H groups in total. The highest BCUT2D eigenvalue weighted by molar-refractivity contribution is 4.51. The monoisotopic (exact) mass is 438 g/mol. The first-order chi connectivity index (χ1) is 15.4. The molecule has 0 saturated carbocycles. The molecule has 0 fully saturated rings. The molecule has 0 heterocycles. The fourth-order valence-corrected chi connectivity index (χ4v) is 4.55. The van der Waals surface area contributed by atoms with Crippen LogP contribution in [0.3, 0.4) is 0 Å². The third kappa shape index (κ3) is 30.0. The molecule has 0 aromatic rings. The van der Waals surface area contributed by atoms with E-state index in [1.807, 2.05) is 0 Å². The van der Waals surface area contributed by atoms with E-state index >= 15 is 0 Å². The number of hydrogen-bond acceptors (Lipinski definition) is 1. The van der Waals surface area contributed by atoms with E-state index in [9.17, 15) is 0 Å². The molecule has 0 aromatic carbocycles. The third-order valence-electron chi connectivity index (χ3n) is 6.78. The Hall–Kier alpha value is -0.0400. The van der Waals surface area contributed by atoms with Crippen LogP contribution in [0.4, 0.5) is 0 Å². The van der Waals surface area contributed by atoms with Crippen molar-refractivity contribution in [2.45, 2.75) is 181 Å². The van der Waals surface area contributed by atoms with E-state index in [2.05, 4.69) is 13.8 Å². The lowest BCUT2D eigenvalue weighted by Gasteiger charge is -2.05. The number of unbranched alkanes of at least 4 members (excludes halogenated alkanes) is 24. The van der Waals surface area contributed by atoms with E-state index in [1.165, 1.54) is 167 Å². The van der Waals surface area contributed by atoms with Crippen LogP contribution in [0, 0.1) is 0 Å². The summed E-state index contributed by atoms with van der Waals surface area (Å²) in [6, 6.07) is 0. The number of hydrogen-bond donors (Lipinski definition) is 0. The normalized spacial score (nSPS) is 11.4. The number of rotatable bonds is 28. The second kappa shape index (κ2) is 30.0. The standard InChI is InChI=1S/C30H62O/c1-3-5-7-9-11-12-13-14-15-16-17-18-19-20-21-22-23-24-26-28-30-31-29-27-25-10-8-6-4-2/h3-30H2,1-2H3. The van der Waals surface area contributed by atoms with E-state index in [0.29, 0.717) is 0 Å². The van der Waals surface area contributed by atoms with Gasteiger partial charge < -0.3 is 4.74 Å². The van der Waals surface area contributed by atoms with Gasteiger partial charge in [0, 0.05) is 13.2 Å². The van der Waals surface area contributed by atoms with Crippen molar-refractivity contribution in [3.63, 3.8) is 0 Å². The maximum atomic E-state index is 5.78. The van der Waals surface area contributed by atoms with Gasteiger partial charge in [0.05, 0.1) is 0 Å². The van der Waals surface area contributed by atoms with Gasteiger partial charge in [-0.25, -0.2) is 0 Å². The zero-order chi connectivity index (χ0) is 22.5. The first-order valence-corrected chi connectivity index (χ1v) is 15.0. The van der Waals surface area contributed by atoms with Gasteiger partial charge in [-0.15, -0.1) is 0 Å². The van der Waals surface area contributed by atoms with Crippen molar-refractivity contribution < 1.29 is 4.74 Å². The molecule has 0 bridgehead atoms. The van der Waals surface area contributed by atoms with Crippen molar-refractivity contribution in [2.24, 2.45) is 0 Å². The van der Waals surface area contributed by atoms with Gasteiger partial charge in [-0.1, -0.05) is 168 Å². The summed E-state index contributed by atoms with van der Waals surface area (Å²) in [6.07, 6.45) is 37.2. The SMILES string of the molecule is CCCCCCCCCCCCCCCCCCCCCCOCCCCCCCC. The van der Waals surface area contributed by atoms with Crippen molar-refractivity contribution in [2.75, 3.05) is 13.2 Å². The van der Waals surface area contributed by atoms with Gasteiger partial charge in [0.1, 0.15) is 0 Å².